The van der Waals surface area contributed by atoms with Crippen molar-refractivity contribution in [1.29, 1.82) is 0 Å². The Morgan fingerprint density at radius 3 is 3.14 bits per heavy atom. The van der Waals surface area contributed by atoms with Gasteiger partial charge in [0.1, 0.15) is 5.52 Å². The van der Waals surface area contributed by atoms with Crippen LogP contribution in [0.1, 0.15) is 5.89 Å². The van der Waals surface area contributed by atoms with Crippen LogP contribution in [0.15, 0.2) is 34.8 Å². The van der Waals surface area contributed by atoms with Crippen molar-refractivity contribution < 1.29 is 19.1 Å². The number of amides is 1. The fourth-order valence-electron chi connectivity index (χ4n) is 2.30. The number of aliphatic hydroxyl groups excluding tert-OH is 1. The van der Waals surface area contributed by atoms with Gasteiger partial charge in [-0.3, -0.25) is 4.79 Å². The lowest BCUT2D eigenvalue weighted by Crippen LogP contribution is -2.49. The van der Waals surface area contributed by atoms with Crippen LogP contribution in [0.25, 0.3) is 17.2 Å². The number of aromatic nitrogens is 1. The van der Waals surface area contributed by atoms with Gasteiger partial charge in [0.2, 0.25) is 11.8 Å². The summed E-state index contributed by atoms with van der Waals surface area (Å²) in [4.78, 5) is 18.0. The van der Waals surface area contributed by atoms with Gasteiger partial charge in [-0.1, -0.05) is 12.1 Å². The molecule has 110 valence electrons. The summed E-state index contributed by atoms with van der Waals surface area (Å²) in [5, 5.41) is 9.26. The van der Waals surface area contributed by atoms with Gasteiger partial charge in [0.25, 0.3) is 0 Å². The van der Waals surface area contributed by atoms with E-state index < -0.39 is 0 Å². The van der Waals surface area contributed by atoms with Crippen LogP contribution in [0, 0.1) is 0 Å². The van der Waals surface area contributed by atoms with E-state index in [1.54, 1.807) is 11.0 Å². The summed E-state index contributed by atoms with van der Waals surface area (Å²) < 4.78 is 10.8. The second kappa shape index (κ2) is 6.07. The monoisotopic (exact) mass is 288 g/mol. The number of carbonyl (C=O) groups is 1. The van der Waals surface area contributed by atoms with E-state index in [1.165, 1.54) is 6.08 Å². The lowest BCUT2D eigenvalue weighted by atomic mass is 10.2. The number of morpholine rings is 1. The van der Waals surface area contributed by atoms with Gasteiger partial charge < -0.3 is 19.2 Å². The molecule has 1 aliphatic rings. The van der Waals surface area contributed by atoms with Gasteiger partial charge in [-0.2, -0.15) is 0 Å². The molecule has 1 N–H and O–H groups in total. The number of hydrogen-bond acceptors (Lipinski definition) is 5. The molecule has 0 aliphatic carbocycles. The van der Waals surface area contributed by atoms with Crippen LogP contribution in [-0.4, -0.2) is 53.3 Å². The van der Waals surface area contributed by atoms with E-state index in [1.807, 2.05) is 24.3 Å². The van der Waals surface area contributed by atoms with Crippen LogP contribution >= 0.6 is 0 Å². The van der Waals surface area contributed by atoms with Crippen LogP contribution in [0.2, 0.25) is 0 Å². The Morgan fingerprint density at radius 2 is 2.33 bits per heavy atom. The minimum Gasteiger partial charge on any atom is -0.437 e. The lowest BCUT2D eigenvalue weighted by molar-refractivity contribution is -0.136. The first-order valence-electron chi connectivity index (χ1n) is 6.81. The molecule has 3 rings (SSSR count). The van der Waals surface area contributed by atoms with Crippen molar-refractivity contribution in [2.45, 2.75) is 6.04 Å². The molecule has 1 amide bonds. The summed E-state index contributed by atoms with van der Waals surface area (Å²) in [5.74, 6) is 0.206. The zero-order valence-electron chi connectivity index (χ0n) is 11.4. The molecule has 0 radical (unpaired) electrons. The molecule has 1 aromatic carbocycles. The SMILES string of the molecule is O=C(/C=C/c1nc2ccccc2o1)N1CCOCC1CO. The predicted molar refractivity (Wildman–Crippen MR) is 76.4 cm³/mol. The highest BCUT2D eigenvalue weighted by Crippen LogP contribution is 2.16. The van der Waals surface area contributed by atoms with E-state index in [2.05, 4.69) is 4.98 Å². The smallest absolute Gasteiger partial charge is 0.247 e. The lowest BCUT2D eigenvalue weighted by Gasteiger charge is -2.33. The topological polar surface area (TPSA) is 75.8 Å². The maximum absolute atomic E-state index is 12.2. The summed E-state index contributed by atoms with van der Waals surface area (Å²) >= 11 is 0. The molecule has 21 heavy (non-hydrogen) atoms. The quantitative estimate of drug-likeness (QED) is 0.855. The Labute approximate surface area is 121 Å². The number of rotatable bonds is 3. The minimum atomic E-state index is -0.292. The van der Waals surface area contributed by atoms with Crippen LogP contribution in [0.3, 0.4) is 0 Å². The third-order valence-electron chi connectivity index (χ3n) is 3.40. The third kappa shape index (κ3) is 2.96. The molecule has 1 aliphatic heterocycles. The molecule has 1 unspecified atom stereocenters. The van der Waals surface area contributed by atoms with Gasteiger partial charge in [0.05, 0.1) is 25.9 Å². The van der Waals surface area contributed by atoms with Crippen molar-refractivity contribution in [3.63, 3.8) is 0 Å². The summed E-state index contributed by atoms with van der Waals surface area (Å²) in [7, 11) is 0. The van der Waals surface area contributed by atoms with Crippen LogP contribution in [0.5, 0.6) is 0 Å². The summed E-state index contributed by atoms with van der Waals surface area (Å²) in [6.07, 6.45) is 2.96. The van der Waals surface area contributed by atoms with E-state index in [-0.39, 0.29) is 18.6 Å². The molecule has 2 heterocycles. The standard InChI is InChI=1S/C15H16N2O4/c18-9-11-10-20-8-7-17(11)15(19)6-5-14-16-12-3-1-2-4-13(12)21-14/h1-6,11,18H,7-10H2/b6-5+. The Hall–Kier alpha value is -2.18. The van der Waals surface area contributed by atoms with E-state index in [0.717, 1.165) is 5.52 Å². The number of hydrogen-bond donors (Lipinski definition) is 1. The second-order valence-corrected chi connectivity index (χ2v) is 4.80. The molecule has 1 aromatic heterocycles. The number of fused-ring (bicyclic) bond motifs is 1. The number of ether oxygens (including phenoxy) is 1. The zero-order chi connectivity index (χ0) is 14.7. The molecule has 2 aromatic rings. The normalized spacial score (nSPS) is 19.5. The van der Waals surface area contributed by atoms with Gasteiger partial charge in [-0.25, -0.2) is 4.98 Å². The van der Waals surface area contributed by atoms with Crippen LogP contribution in [0.4, 0.5) is 0 Å². The van der Waals surface area contributed by atoms with Gasteiger partial charge >= 0.3 is 0 Å². The minimum absolute atomic E-state index is 0.109. The Balaban J connectivity index is 1.73. The van der Waals surface area contributed by atoms with E-state index in [4.69, 9.17) is 9.15 Å². The number of carbonyl (C=O) groups excluding carboxylic acids is 1. The maximum Gasteiger partial charge on any atom is 0.247 e. The number of nitrogens with zero attached hydrogens (tertiary/aromatic N) is 2. The Bertz CT molecular complexity index is 631. The fourth-order valence-corrected chi connectivity index (χ4v) is 2.30. The highest BCUT2D eigenvalue weighted by molar-refractivity contribution is 5.91. The van der Waals surface area contributed by atoms with Gasteiger partial charge in [0, 0.05) is 18.7 Å². The van der Waals surface area contributed by atoms with Gasteiger partial charge in [-0.05, 0) is 12.1 Å². The molecule has 6 heteroatoms. The molecule has 0 saturated carbocycles. The summed E-state index contributed by atoms with van der Waals surface area (Å²) in [6.45, 7) is 1.21. The predicted octanol–water partition coefficient (Wildman–Crippen LogP) is 1.06. The Kier molecular flexibility index (Phi) is 3.98. The van der Waals surface area contributed by atoms with Crippen LogP contribution < -0.4 is 0 Å². The molecular weight excluding hydrogens is 272 g/mol. The first-order valence-corrected chi connectivity index (χ1v) is 6.81. The van der Waals surface area contributed by atoms with Crippen molar-refractivity contribution >= 4 is 23.1 Å². The average Bonchev–Trinajstić information content (AvgIpc) is 2.95. The third-order valence-corrected chi connectivity index (χ3v) is 3.40. The van der Waals surface area contributed by atoms with Crippen molar-refractivity contribution in [3.8, 4) is 0 Å². The summed E-state index contributed by atoms with van der Waals surface area (Å²) in [6, 6.07) is 7.13. The van der Waals surface area contributed by atoms with Crippen molar-refractivity contribution in [1.82, 2.24) is 9.88 Å². The highest BCUT2D eigenvalue weighted by Gasteiger charge is 2.25. The van der Waals surface area contributed by atoms with Crippen molar-refractivity contribution in [2.24, 2.45) is 0 Å². The van der Waals surface area contributed by atoms with E-state index in [9.17, 15) is 9.90 Å². The van der Waals surface area contributed by atoms with Gasteiger partial charge in [-0.15, -0.1) is 0 Å². The number of aliphatic hydroxyl groups is 1. The largest absolute Gasteiger partial charge is 0.437 e. The molecule has 1 saturated heterocycles. The number of oxazole rings is 1. The first-order chi connectivity index (χ1) is 10.3. The van der Waals surface area contributed by atoms with Gasteiger partial charge in [0.15, 0.2) is 5.58 Å². The molecule has 0 spiro atoms. The number of benzene rings is 1. The van der Waals surface area contributed by atoms with Crippen LogP contribution in [-0.2, 0) is 9.53 Å². The Morgan fingerprint density at radius 1 is 1.48 bits per heavy atom. The average molecular weight is 288 g/mol. The molecule has 6 nitrogen and oxygen atoms in total. The van der Waals surface area contributed by atoms with Crippen molar-refractivity contribution in [3.05, 3.63) is 36.2 Å². The zero-order valence-corrected chi connectivity index (χ0v) is 11.4. The molecule has 0 bridgehead atoms. The van der Waals surface area contributed by atoms with E-state index in [0.29, 0.717) is 31.2 Å². The highest BCUT2D eigenvalue weighted by atomic mass is 16.5. The van der Waals surface area contributed by atoms with Crippen molar-refractivity contribution in [2.75, 3.05) is 26.4 Å². The first kappa shape index (κ1) is 13.8. The molecule has 1 atom stereocenters. The molecule has 1 fully saturated rings. The second-order valence-electron chi connectivity index (χ2n) is 4.80. The summed E-state index contributed by atoms with van der Waals surface area (Å²) in [5.41, 5.74) is 1.44. The van der Waals surface area contributed by atoms with E-state index >= 15 is 0 Å². The maximum atomic E-state index is 12.2. The molecular formula is C15H16N2O4. The number of para-hydroxylation sites is 2. The fraction of sp³-hybridized carbons (Fsp3) is 0.333.